The summed E-state index contributed by atoms with van der Waals surface area (Å²) in [5.74, 6) is -1.27. The number of aromatic carboxylic acids is 1. The third-order valence-corrected chi connectivity index (χ3v) is 2.98. The van der Waals surface area contributed by atoms with Crippen LogP contribution in [0.5, 0.6) is 5.75 Å². The van der Waals surface area contributed by atoms with E-state index in [9.17, 15) is 14.7 Å². The number of anilines is 1. The Bertz CT molecular complexity index is 677. The Morgan fingerprint density at radius 1 is 1.10 bits per heavy atom. The van der Waals surface area contributed by atoms with Crippen molar-refractivity contribution >= 4 is 17.6 Å². The molecule has 0 radical (unpaired) electrons. The van der Waals surface area contributed by atoms with Gasteiger partial charge in [-0.3, -0.25) is 4.79 Å². The summed E-state index contributed by atoms with van der Waals surface area (Å²) in [4.78, 5) is 23.1. The zero-order valence-electron chi connectivity index (χ0n) is 11.5. The van der Waals surface area contributed by atoms with Crippen LogP contribution < -0.4 is 5.32 Å². The number of phenolic OH excluding ortho intramolecular Hbond substituents is 1. The van der Waals surface area contributed by atoms with E-state index >= 15 is 0 Å². The monoisotopic (exact) mass is 285 g/mol. The SMILES string of the molecule is Cc1ccc(NC(=O)Cc2ccc(O)cc2)c(C(=O)O)c1. The van der Waals surface area contributed by atoms with Crippen molar-refractivity contribution in [2.24, 2.45) is 0 Å². The zero-order valence-corrected chi connectivity index (χ0v) is 11.5. The Morgan fingerprint density at radius 2 is 1.76 bits per heavy atom. The van der Waals surface area contributed by atoms with Crippen molar-refractivity contribution in [2.45, 2.75) is 13.3 Å². The van der Waals surface area contributed by atoms with E-state index in [-0.39, 0.29) is 29.3 Å². The number of hydrogen-bond acceptors (Lipinski definition) is 3. The Labute approximate surface area is 121 Å². The molecular formula is C16H15NO4. The largest absolute Gasteiger partial charge is 0.508 e. The van der Waals surface area contributed by atoms with Crippen molar-refractivity contribution < 1.29 is 19.8 Å². The van der Waals surface area contributed by atoms with Crippen LogP contribution in [0.25, 0.3) is 0 Å². The predicted molar refractivity (Wildman–Crippen MR) is 78.6 cm³/mol. The molecule has 0 aliphatic rings. The lowest BCUT2D eigenvalue weighted by Gasteiger charge is -2.09. The maximum Gasteiger partial charge on any atom is 0.337 e. The molecule has 0 saturated heterocycles. The highest BCUT2D eigenvalue weighted by Gasteiger charge is 2.13. The average Bonchev–Trinajstić information content (AvgIpc) is 2.43. The zero-order chi connectivity index (χ0) is 15.4. The second kappa shape index (κ2) is 6.09. The van der Waals surface area contributed by atoms with Gasteiger partial charge < -0.3 is 15.5 Å². The van der Waals surface area contributed by atoms with Gasteiger partial charge in [0.1, 0.15) is 5.75 Å². The van der Waals surface area contributed by atoms with Crippen LogP contribution in [0.15, 0.2) is 42.5 Å². The number of benzene rings is 2. The molecule has 0 spiro atoms. The van der Waals surface area contributed by atoms with Crippen LogP contribution in [0.2, 0.25) is 0 Å². The minimum absolute atomic E-state index is 0.0639. The number of nitrogens with one attached hydrogen (secondary N) is 1. The van der Waals surface area contributed by atoms with E-state index < -0.39 is 5.97 Å². The molecule has 2 rings (SSSR count). The second-order valence-electron chi connectivity index (χ2n) is 4.75. The van der Waals surface area contributed by atoms with Gasteiger partial charge in [0.25, 0.3) is 0 Å². The summed E-state index contributed by atoms with van der Waals surface area (Å²) in [5, 5.41) is 20.9. The Morgan fingerprint density at radius 3 is 2.38 bits per heavy atom. The van der Waals surface area contributed by atoms with Crippen molar-refractivity contribution in [1.29, 1.82) is 0 Å². The predicted octanol–water partition coefficient (Wildman–Crippen LogP) is 2.58. The molecule has 0 heterocycles. The van der Waals surface area contributed by atoms with E-state index in [1.54, 1.807) is 31.2 Å². The highest BCUT2D eigenvalue weighted by atomic mass is 16.4. The van der Waals surface area contributed by atoms with E-state index in [2.05, 4.69) is 5.32 Å². The summed E-state index contributed by atoms with van der Waals surface area (Å²) in [5.41, 5.74) is 1.88. The number of hydrogen-bond donors (Lipinski definition) is 3. The second-order valence-corrected chi connectivity index (χ2v) is 4.75. The molecule has 0 aliphatic heterocycles. The van der Waals surface area contributed by atoms with Crippen LogP contribution in [-0.4, -0.2) is 22.1 Å². The fraction of sp³-hybridized carbons (Fsp3) is 0.125. The molecule has 2 aromatic carbocycles. The lowest BCUT2D eigenvalue weighted by molar-refractivity contribution is -0.115. The molecule has 0 fully saturated rings. The lowest BCUT2D eigenvalue weighted by atomic mass is 10.1. The lowest BCUT2D eigenvalue weighted by Crippen LogP contribution is -2.16. The van der Waals surface area contributed by atoms with Crippen molar-refractivity contribution in [1.82, 2.24) is 0 Å². The summed E-state index contributed by atoms with van der Waals surface area (Å²) in [6.07, 6.45) is 0.104. The molecule has 21 heavy (non-hydrogen) atoms. The fourth-order valence-corrected chi connectivity index (χ4v) is 1.94. The van der Waals surface area contributed by atoms with Crippen LogP contribution in [0.1, 0.15) is 21.5 Å². The Balaban J connectivity index is 2.12. The molecule has 2 aromatic rings. The number of carboxylic acids is 1. The highest BCUT2D eigenvalue weighted by molar-refractivity contribution is 6.01. The molecule has 3 N–H and O–H groups in total. The van der Waals surface area contributed by atoms with Crippen LogP contribution >= 0.6 is 0 Å². The molecule has 0 saturated carbocycles. The average molecular weight is 285 g/mol. The van der Waals surface area contributed by atoms with Gasteiger partial charge in [0, 0.05) is 0 Å². The number of carbonyl (C=O) groups is 2. The molecule has 5 heteroatoms. The molecule has 0 atom stereocenters. The van der Waals surface area contributed by atoms with Crippen LogP contribution in [0.4, 0.5) is 5.69 Å². The van der Waals surface area contributed by atoms with Crippen LogP contribution in [0, 0.1) is 6.92 Å². The highest BCUT2D eigenvalue weighted by Crippen LogP contribution is 2.18. The molecule has 1 amide bonds. The van der Waals surface area contributed by atoms with E-state index in [4.69, 9.17) is 5.11 Å². The summed E-state index contributed by atoms with van der Waals surface area (Å²) in [7, 11) is 0. The summed E-state index contributed by atoms with van der Waals surface area (Å²) < 4.78 is 0. The first kappa shape index (κ1) is 14.6. The number of rotatable bonds is 4. The first-order valence-corrected chi connectivity index (χ1v) is 6.37. The Hall–Kier alpha value is -2.82. The molecule has 108 valence electrons. The molecule has 0 aromatic heterocycles. The van der Waals surface area contributed by atoms with Gasteiger partial charge in [-0.2, -0.15) is 0 Å². The van der Waals surface area contributed by atoms with E-state index in [1.807, 2.05) is 0 Å². The number of carbonyl (C=O) groups excluding carboxylic acids is 1. The minimum Gasteiger partial charge on any atom is -0.508 e. The fourth-order valence-electron chi connectivity index (χ4n) is 1.94. The first-order chi connectivity index (χ1) is 9.95. The molecule has 0 bridgehead atoms. The maximum absolute atomic E-state index is 12.0. The van der Waals surface area contributed by atoms with Gasteiger partial charge in [-0.1, -0.05) is 23.8 Å². The van der Waals surface area contributed by atoms with E-state index in [0.29, 0.717) is 0 Å². The van der Waals surface area contributed by atoms with E-state index in [0.717, 1.165) is 11.1 Å². The van der Waals surface area contributed by atoms with Crippen molar-refractivity contribution in [2.75, 3.05) is 5.32 Å². The molecule has 5 nitrogen and oxygen atoms in total. The van der Waals surface area contributed by atoms with Crippen LogP contribution in [-0.2, 0) is 11.2 Å². The van der Waals surface area contributed by atoms with Gasteiger partial charge in [-0.05, 0) is 36.8 Å². The van der Waals surface area contributed by atoms with Gasteiger partial charge in [-0.25, -0.2) is 4.79 Å². The van der Waals surface area contributed by atoms with Gasteiger partial charge in [0.15, 0.2) is 0 Å². The molecular weight excluding hydrogens is 270 g/mol. The number of aromatic hydroxyl groups is 1. The van der Waals surface area contributed by atoms with Gasteiger partial charge >= 0.3 is 5.97 Å². The third kappa shape index (κ3) is 3.82. The first-order valence-electron chi connectivity index (χ1n) is 6.37. The standard InChI is InChI=1S/C16H15NO4/c1-10-2-7-14(13(8-10)16(20)21)17-15(19)9-11-3-5-12(18)6-4-11/h2-8,18H,9H2,1H3,(H,17,19)(H,20,21). The van der Waals surface area contributed by atoms with Crippen molar-refractivity contribution in [3.8, 4) is 5.75 Å². The summed E-state index contributed by atoms with van der Waals surface area (Å²) in [6.45, 7) is 1.79. The van der Waals surface area contributed by atoms with E-state index in [1.165, 1.54) is 18.2 Å². The maximum atomic E-state index is 12.0. The molecule has 0 aliphatic carbocycles. The summed E-state index contributed by atoms with van der Waals surface area (Å²) >= 11 is 0. The smallest absolute Gasteiger partial charge is 0.337 e. The van der Waals surface area contributed by atoms with Crippen molar-refractivity contribution in [3.05, 3.63) is 59.2 Å². The third-order valence-electron chi connectivity index (χ3n) is 2.98. The topological polar surface area (TPSA) is 86.6 Å². The summed E-state index contributed by atoms with van der Waals surface area (Å²) in [6, 6.07) is 11.1. The van der Waals surface area contributed by atoms with Crippen LogP contribution in [0.3, 0.4) is 0 Å². The quantitative estimate of drug-likeness (QED) is 0.805. The van der Waals surface area contributed by atoms with Gasteiger partial charge in [-0.15, -0.1) is 0 Å². The van der Waals surface area contributed by atoms with Gasteiger partial charge in [0.2, 0.25) is 5.91 Å². The van der Waals surface area contributed by atoms with Gasteiger partial charge in [0.05, 0.1) is 17.7 Å². The minimum atomic E-state index is -1.08. The normalized spacial score (nSPS) is 10.1. The Kier molecular flexibility index (Phi) is 4.23. The molecule has 0 unspecified atom stereocenters. The number of aryl methyl sites for hydroxylation is 1. The number of phenols is 1. The number of amides is 1. The van der Waals surface area contributed by atoms with Crippen molar-refractivity contribution in [3.63, 3.8) is 0 Å². The number of carboxylic acid groups (broad SMARTS) is 1.